The second-order valence-corrected chi connectivity index (χ2v) is 8.94. The second kappa shape index (κ2) is 11.4. The first-order chi connectivity index (χ1) is 16.6. The Morgan fingerprint density at radius 1 is 1.00 bits per heavy atom. The van der Waals surface area contributed by atoms with Gasteiger partial charge in [-0.25, -0.2) is 0 Å². The van der Waals surface area contributed by atoms with Crippen LogP contribution in [0.3, 0.4) is 0 Å². The van der Waals surface area contributed by atoms with E-state index >= 15 is 0 Å². The van der Waals surface area contributed by atoms with Crippen LogP contribution >= 0.6 is 0 Å². The van der Waals surface area contributed by atoms with Crippen LogP contribution in [-0.2, 0) is 22.7 Å². The lowest BCUT2D eigenvalue weighted by molar-refractivity contribution is -0.129. The van der Waals surface area contributed by atoms with Gasteiger partial charge in [-0.2, -0.15) is 0 Å². The molecule has 2 fully saturated rings. The maximum Gasteiger partial charge on any atom is 0.237 e. The van der Waals surface area contributed by atoms with Gasteiger partial charge >= 0.3 is 0 Å². The number of carbonyl (C=O) groups excluding carboxylic acids is 2. The molecule has 0 saturated carbocycles. The van der Waals surface area contributed by atoms with E-state index in [4.69, 9.17) is 9.47 Å². The molecule has 3 N–H and O–H groups in total. The van der Waals surface area contributed by atoms with E-state index in [2.05, 4.69) is 20.9 Å². The SMILES string of the molecule is COc1ccc(CNC(=O)CC[C@@H]2CNC(=O)[C@H]3C[C@@H](NCc4ccc(OC)cc4)CN23)cc1. The third kappa shape index (κ3) is 6.07. The number of carbonyl (C=O) groups is 2. The first kappa shape index (κ1) is 24.0. The van der Waals surface area contributed by atoms with Gasteiger partial charge in [0.05, 0.1) is 20.3 Å². The Morgan fingerprint density at radius 3 is 2.24 bits per heavy atom. The molecule has 2 heterocycles. The number of piperazine rings is 1. The number of methoxy groups -OCH3 is 2. The summed E-state index contributed by atoms with van der Waals surface area (Å²) < 4.78 is 10.4. The van der Waals surface area contributed by atoms with Crippen molar-refractivity contribution in [3.05, 3.63) is 59.7 Å². The summed E-state index contributed by atoms with van der Waals surface area (Å²) in [5.41, 5.74) is 2.21. The zero-order chi connectivity index (χ0) is 23.9. The van der Waals surface area contributed by atoms with Crippen molar-refractivity contribution in [3.63, 3.8) is 0 Å². The number of hydrogen-bond acceptors (Lipinski definition) is 6. The topological polar surface area (TPSA) is 91.9 Å². The van der Waals surface area contributed by atoms with Crippen LogP contribution in [0.2, 0.25) is 0 Å². The molecular weight excluding hydrogens is 432 g/mol. The predicted molar refractivity (Wildman–Crippen MR) is 130 cm³/mol. The summed E-state index contributed by atoms with van der Waals surface area (Å²) in [6.45, 7) is 2.64. The lowest BCUT2D eigenvalue weighted by Gasteiger charge is -2.37. The summed E-state index contributed by atoms with van der Waals surface area (Å²) in [5.74, 6) is 1.76. The average molecular weight is 467 g/mol. The van der Waals surface area contributed by atoms with E-state index in [0.717, 1.165) is 43.0 Å². The Labute approximate surface area is 201 Å². The number of rotatable bonds is 10. The number of amides is 2. The highest BCUT2D eigenvalue weighted by Crippen LogP contribution is 2.26. The molecule has 0 bridgehead atoms. The molecule has 8 nitrogen and oxygen atoms in total. The van der Waals surface area contributed by atoms with Gasteiger partial charge in [-0.15, -0.1) is 0 Å². The summed E-state index contributed by atoms with van der Waals surface area (Å²) in [5, 5.41) is 9.62. The molecule has 2 amide bonds. The molecule has 182 valence electrons. The highest BCUT2D eigenvalue weighted by molar-refractivity contribution is 5.83. The molecular formula is C26H34N4O4. The van der Waals surface area contributed by atoms with Gasteiger partial charge in [-0.1, -0.05) is 24.3 Å². The molecule has 2 aliphatic rings. The van der Waals surface area contributed by atoms with E-state index in [1.54, 1.807) is 14.2 Å². The highest BCUT2D eigenvalue weighted by atomic mass is 16.5. The standard InChI is InChI=1S/C26H34N4O4/c1-33-22-8-3-18(4-9-22)14-27-20-13-24-26(32)29-16-21(30(24)17-20)7-12-25(31)28-15-19-5-10-23(34-2)11-6-19/h3-6,8-11,20-21,24,27H,7,12-17H2,1-2H3,(H,28,31)(H,29,32)/t20-,21-,24-/m1/s1. The van der Waals surface area contributed by atoms with Crippen LogP contribution in [0.25, 0.3) is 0 Å². The van der Waals surface area contributed by atoms with Crippen LogP contribution in [0, 0.1) is 0 Å². The largest absolute Gasteiger partial charge is 0.497 e. The molecule has 0 aromatic heterocycles. The molecule has 0 spiro atoms. The minimum absolute atomic E-state index is 0.0256. The molecule has 8 heteroatoms. The number of fused-ring (bicyclic) bond motifs is 1. The predicted octanol–water partition coefficient (Wildman–Crippen LogP) is 1.83. The number of benzene rings is 2. The van der Waals surface area contributed by atoms with Crippen LogP contribution in [0.5, 0.6) is 11.5 Å². The monoisotopic (exact) mass is 466 g/mol. The third-order valence-corrected chi connectivity index (χ3v) is 6.73. The third-order valence-electron chi connectivity index (χ3n) is 6.73. The van der Waals surface area contributed by atoms with Crippen LogP contribution in [-0.4, -0.2) is 62.1 Å². The maximum atomic E-state index is 12.5. The maximum absolute atomic E-state index is 12.5. The Morgan fingerprint density at radius 2 is 1.62 bits per heavy atom. The molecule has 2 saturated heterocycles. The second-order valence-electron chi connectivity index (χ2n) is 8.94. The van der Waals surface area contributed by atoms with E-state index in [-0.39, 0.29) is 29.9 Å². The van der Waals surface area contributed by atoms with E-state index in [1.807, 2.05) is 48.5 Å². The quantitative estimate of drug-likeness (QED) is 0.495. The lowest BCUT2D eigenvalue weighted by atomic mass is 10.0. The van der Waals surface area contributed by atoms with Crippen molar-refractivity contribution >= 4 is 11.8 Å². The number of nitrogens with one attached hydrogen (secondary N) is 3. The van der Waals surface area contributed by atoms with E-state index in [0.29, 0.717) is 19.5 Å². The first-order valence-electron chi connectivity index (χ1n) is 11.8. The molecule has 0 unspecified atom stereocenters. The van der Waals surface area contributed by atoms with Gasteiger partial charge in [-0.3, -0.25) is 14.5 Å². The average Bonchev–Trinajstić information content (AvgIpc) is 3.32. The zero-order valence-corrected chi connectivity index (χ0v) is 19.9. The van der Waals surface area contributed by atoms with Crippen molar-refractivity contribution in [2.75, 3.05) is 27.3 Å². The number of hydrogen-bond donors (Lipinski definition) is 3. The van der Waals surface area contributed by atoms with Crippen LogP contribution in [0.15, 0.2) is 48.5 Å². The molecule has 2 aliphatic heterocycles. The first-order valence-corrected chi connectivity index (χ1v) is 11.8. The Balaban J connectivity index is 1.24. The minimum Gasteiger partial charge on any atom is -0.497 e. The van der Waals surface area contributed by atoms with Crippen molar-refractivity contribution in [1.29, 1.82) is 0 Å². The fourth-order valence-corrected chi connectivity index (χ4v) is 4.73. The Kier molecular flexibility index (Phi) is 8.03. The van der Waals surface area contributed by atoms with E-state index < -0.39 is 0 Å². The van der Waals surface area contributed by atoms with Gasteiger partial charge in [0.1, 0.15) is 11.5 Å². The smallest absolute Gasteiger partial charge is 0.237 e. The molecule has 34 heavy (non-hydrogen) atoms. The lowest BCUT2D eigenvalue weighted by Crippen LogP contribution is -2.58. The van der Waals surface area contributed by atoms with Crippen LogP contribution < -0.4 is 25.4 Å². The van der Waals surface area contributed by atoms with Crippen molar-refractivity contribution < 1.29 is 19.1 Å². The van der Waals surface area contributed by atoms with E-state index in [9.17, 15) is 9.59 Å². The van der Waals surface area contributed by atoms with Gasteiger partial charge in [0.25, 0.3) is 0 Å². The van der Waals surface area contributed by atoms with Crippen LogP contribution in [0.1, 0.15) is 30.4 Å². The summed E-state index contributed by atoms with van der Waals surface area (Å²) >= 11 is 0. The minimum atomic E-state index is -0.130. The molecule has 0 radical (unpaired) electrons. The summed E-state index contributed by atoms with van der Waals surface area (Å²) in [4.78, 5) is 27.2. The normalized spacial score (nSPS) is 22.1. The van der Waals surface area contributed by atoms with Crippen molar-refractivity contribution in [2.24, 2.45) is 0 Å². The Hall–Kier alpha value is -3.10. The molecule has 2 aromatic rings. The summed E-state index contributed by atoms with van der Waals surface area (Å²) in [6.07, 6.45) is 1.93. The fourth-order valence-electron chi connectivity index (χ4n) is 4.73. The van der Waals surface area contributed by atoms with Gasteiger partial charge in [0.15, 0.2) is 0 Å². The Bertz CT molecular complexity index is 964. The molecule has 4 rings (SSSR count). The van der Waals surface area contributed by atoms with Gasteiger partial charge in [-0.05, 0) is 48.2 Å². The van der Waals surface area contributed by atoms with Crippen molar-refractivity contribution in [1.82, 2.24) is 20.9 Å². The molecule has 3 atom stereocenters. The fraction of sp³-hybridized carbons (Fsp3) is 0.462. The van der Waals surface area contributed by atoms with Gasteiger partial charge in [0.2, 0.25) is 11.8 Å². The highest BCUT2D eigenvalue weighted by Gasteiger charge is 2.43. The van der Waals surface area contributed by atoms with Crippen LogP contribution in [0.4, 0.5) is 0 Å². The van der Waals surface area contributed by atoms with Gasteiger partial charge < -0.3 is 25.4 Å². The summed E-state index contributed by atoms with van der Waals surface area (Å²) in [6, 6.07) is 16.0. The van der Waals surface area contributed by atoms with Crippen molar-refractivity contribution in [3.8, 4) is 11.5 Å². The van der Waals surface area contributed by atoms with Crippen molar-refractivity contribution in [2.45, 2.75) is 50.5 Å². The van der Waals surface area contributed by atoms with Gasteiger partial charge in [0, 0.05) is 44.7 Å². The summed E-state index contributed by atoms with van der Waals surface area (Å²) in [7, 11) is 3.29. The number of nitrogens with zero attached hydrogens (tertiary/aromatic N) is 1. The molecule has 2 aromatic carbocycles. The van der Waals surface area contributed by atoms with E-state index in [1.165, 1.54) is 5.56 Å². The number of ether oxygens (including phenoxy) is 2. The zero-order valence-electron chi connectivity index (χ0n) is 19.9. The molecule has 0 aliphatic carbocycles.